The number of benzene rings is 1. The first-order valence-electron chi connectivity index (χ1n) is 5.32. The second-order valence-electron chi connectivity index (χ2n) is 3.79. The summed E-state index contributed by atoms with van der Waals surface area (Å²) in [7, 11) is 0. The molecule has 0 spiro atoms. The first kappa shape index (κ1) is 13.2. The molecular formula is C12H12Cl2N4. The van der Waals surface area contributed by atoms with E-state index in [-0.39, 0.29) is 6.04 Å². The van der Waals surface area contributed by atoms with Crippen LogP contribution in [0.25, 0.3) is 0 Å². The van der Waals surface area contributed by atoms with Gasteiger partial charge in [-0.2, -0.15) is 0 Å². The Hall–Kier alpha value is -1.20. The molecule has 1 heterocycles. The fraction of sp³-hybridized carbons (Fsp3) is 0.167. The maximum atomic E-state index is 6.16. The highest BCUT2D eigenvalue weighted by Gasteiger charge is 2.17. The standard InChI is InChI=1S/C12H12Cl2N4/c1-7-16-5-4-11(17-7)12(18-15)9-6-8(13)2-3-10(9)14/h2-6,12,18H,15H2,1H3. The number of hydrogen-bond donors (Lipinski definition) is 2. The van der Waals surface area contributed by atoms with Gasteiger partial charge < -0.3 is 0 Å². The number of halogens is 2. The lowest BCUT2D eigenvalue weighted by atomic mass is 10.0. The van der Waals surface area contributed by atoms with Gasteiger partial charge in [0.1, 0.15) is 5.82 Å². The highest BCUT2D eigenvalue weighted by Crippen LogP contribution is 2.29. The Kier molecular flexibility index (Phi) is 4.14. The number of hydrazine groups is 1. The highest BCUT2D eigenvalue weighted by molar-refractivity contribution is 6.33. The Labute approximate surface area is 115 Å². The molecule has 1 aromatic carbocycles. The summed E-state index contributed by atoms with van der Waals surface area (Å²) in [6.45, 7) is 1.82. The molecule has 0 saturated carbocycles. The number of nitrogens with one attached hydrogen (secondary N) is 1. The van der Waals surface area contributed by atoms with Crippen LogP contribution >= 0.6 is 23.2 Å². The van der Waals surface area contributed by atoms with Crippen LogP contribution in [0.1, 0.15) is 23.1 Å². The molecule has 1 aromatic heterocycles. The van der Waals surface area contributed by atoms with E-state index >= 15 is 0 Å². The van der Waals surface area contributed by atoms with Crippen LogP contribution in [0.2, 0.25) is 10.0 Å². The van der Waals surface area contributed by atoms with Crippen LogP contribution in [0.4, 0.5) is 0 Å². The van der Waals surface area contributed by atoms with Crippen molar-refractivity contribution in [3.63, 3.8) is 0 Å². The van der Waals surface area contributed by atoms with Crippen LogP contribution in [-0.4, -0.2) is 9.97 Å². The van der Waals surface area contributed by atoms with Crippen LogP contribution in [-0.2, 0) is 0 Å². The van der Waals surface area contributed by atoms with Crippen LogP contribution in [0.15, 0.2) is 30.5 Å². The molecule has 94 valence electrons. The molecule has 4 nitrogen and oxygen atoms in total. The van der Waals surface area contributed by atoms with Crippen LogP contribution in [0, 0.1) is 6.92 Å². The fourth-order valence-electron chi connectivity index (χ4n) is 1.71. The van der Waals surface area contributed by atoms with Gasteiger partial charge >= 0.3 is 0 Å². The van der Waals surface area contributed by atoms with Gasteiger partial charge in [-0.25, -0.2) is 15.4 Å². The van der Waals surface area contributed by atoms with Gasteiger partial charge in [-0.15, -0.1) is 0 Å². The van der Waals surface area contributed by atoms with E-state index in [2.05, 4.69) is 15.4 Å². The minimum atomic E-state index is -0.321. The van der Waals surface area contributed by atoms with E-state index < -0.39 is 0 Å². The van der Waals surface area contributed by atoms with Gasteiger partial charge in [-0.3, -0.25) is 5.84 Å². The predicted octanol–water partition coefficient (Wildman–Crippen LogP) is 2.64. The molecule has 0 bridgehead atoms. The maximum Gasteiger partial charge on any atom is 0.125 e. The smallest absolute Gasteiger partial charge is 0.125 e. The number of nitrogens with two attached hydrogens (primary N) is 1. The summed E-state index contributed by atoms with van der Waals surface area (Å²) >= 11 is 12.1. The van der Waals surface area contributed by atoms with E-state index in [9.17, 15) is 0 Å². The molecule has 0 fully saturated rings. The summed E-state index contributed by atoms with van der Waals surface area (Å²) in [5, 5.41) is 1.18. The molecule has 3 N–H and O–H groups in total. The summed E-state index contributed by atoms with van der Waals surface area (Å²) < 4.78 is 0. The molecule has 0 aliphatic heterocycles. The van der Waals surface area contributed by atoms with Crippen molar-refractivity contribution in [2.75, 3.05) is 0 Å². The molecule has 1 atom stereocenters. The third-order valence-electron chi connectivity index (χ3n) is 2.53. The largest absolute Gasteiger partial charge is 0.271 e. The highest BCUT2D eigenvalue weighted by atomic mass is 35.5. The van der Waals surface area contributed by atoms with E-state index in [4.69, 9.17) is 29.0 Å². The Morgan fingerprint density at radius 1 is 1.28 bits per heavy atom. The zero-order valence-corrected chi connectivity index (χ0v) is 11.2. The van der Waals surface area contributed by atoms with E-state index in [1.807, 2.05) is 6.92 Å². The molecule has 0 saturated heterocycles. The average Bonchev–Trinajstić information content (AvgIpc) is 2.35. The topological polar surface area (TPSA) is 63.8 Å². The van der Waals surface area contributed by atoms with Crippen LogP contribution in [0.5, 0.6) is 0 Å². The zero-order valence-electron chi connectivity index (χ0n) is 9.69. The lowest BCUT2D eigenvalue weighted by Crippen LogP contribution is -2.30. The summed E-state index contributed by atoms with van der Waals surface area (Å²) in [6, 6.07) is 6.70. The zero-order chi connectivity index (χ0) is 13.1. The van der Waals surface area contributed by atoms with Gasteiger partial charge in [0.15, 0.2) is 0 Å². The molecule has 6 heteroatoms. The first-order valence-corrected chi connectivity index (χ1v) is 6.08. The van der Waals surface area contributed by atoms with Gasteiger partial charge in [0, 0.05) is 16.2 Å². The molecule has 0 radical (unpaired) electrons. The molecule has 2 rings (SSSR count). The second-order valence-corrected chi connectivity index (χ2v) is 4.64. The van der Waals surface area contributed by atoms with Crippen molar-refractivity contribution in [1.29, 1.82) is 0 Å². The molecule has 18 heavy (non-hydrogen) atoms. The fourth-order valence-corrected chi connectivity index (χ4v) is 2.11. The van der Waals surface area contributed by atoms with Crippen LogP contribution < -0.4 is 11.3 Å². The van der Waals surface area contributed by atoms with Crippen molar-refractivity contribution < 1.29 is 0 Å². The molecule has 0 aliphatic carbocycles. The lowest BCUT2D eigenvalue weighted by molar-refractivity contribution is 0.616. The van der Waals surface area contributed by atoms with Crippen molar-refractivity contribution in [1.82, 2.24) is 15.4 Å². The van der Waals surface area contributed by atoms with Crippen molar-refractivity contribution in [2.24, 2.45) is 5.84 Å². The number of rotatable bonds is 3. The third-order valence-corrected chi connectivity index (χ3v) is 3.11. The van der Waals surface area contributed by atoms with Crippen molar-refractivity contribution in [3.05, 3.63) is 57.6 Å². The number of nitrogens with zero attached hydrogens (tertiary/aromatic N) is 2. The quantitative estimate of drug-likeness (QED) is 0.671. The number of hydrogen-bond acceptors (Lipinski definition) is 4. The van der Waals surface area contributed by atoms with E-state index in [1.54, 1.807) is 30.5 Å². The van der Waals surface area contributed by atoms with E-state index in [0.717, 1.165) is 11.3 Å². The molecule has 1 unspecified atom stereocenters. The van der Waals surface area contributed by atoms with Crippen molar-refractivity contribution in [3.8, 4) is 0 Å². The Morgan fingerprint density at radius 3 is 2.72 bits per heavy atom. The Bertz CT molecular complexity index is 560. The SMILES string of the molecule is Cc1nccc(C(NN)c2cc(Cl)ccc2Cl)n1. The van der Waals surface area contributed by atoms with E-state index in [0.29, 0.717) is 15.9 Å². The molecule has 0 aliphatic rings. The Balaban J connectivity index is 2.48. The van der Waals surface area contributed by atoms with Gasteiger partial charge in [-0.1, -0.05) is 23.2 Å². The van der Waals surface area contributed by atoms with Gasteiger partial charge in [0.25, 0.3) is 0 Å². The molecule has 0 amide bonds. The summed E-state index contributed by atoms with van der Waals surface area (Å²) in [6.07, 6.45) is 1.68. The third kappa shape index (κ3) is 2.79. The normalized spacial score (nSPS) is 12.4. The molecular weight excluding hydrogens is 271 g/mol. The van der Waals surface area contributed by atoms with Gasteiger partial charge in [0.05, 0.1) is 11.7 Å². The van der Waals surface area contributed by atoms with Gasteiger partial charge in [-0.05, 0) is 36.8 Å². The Morgan fingerprint density at radius 2 is 2.06 bits per heavy atom. The second kappa shape index (κ2) is 5.63. The average molecular weight is 283 g/mol. The summed E-state index contributed by atoms with van der Waals surface area (Å²) in [4.78, 5) is 8.39. The summed E-state index contributed by atoms with van der Waals surface area (Å²) in [5.41, 5.74) is 4.22. The lowest BCUT2D eigenvalue weighted by Gasteiger charge is -2.17. The maximum absolute atomic E-state index is 6.16. The minimum Gasteiger partial charge on any atom is -0.271 e. The van der Waals surface area contributed by atoms with Crippen molar-refractivity contribution in [2.45, 2.75) is 13.0 Å². The van der Waals surface area contributed by atoms with Crippen LogP contribution in [0.3, 0.4) is 0 Å². The predicted molar refractivity (Wildman–Crippen MR) is 72.4 cm³/mol. The van der Waals surface area contributed by atoms with E-state index in [1.165, 1.54) is 0 Å². The van der Waals surface area contributed by atoms with Gasteiger partial charge in [0.2, 0.25) is 0 Å². The monoisotopic (exact) mass is 282 g/mol. The van der Waals surface area contributed by atoms with Crippen molar-refractivity contribution >= 4 is 23.2 Å². The molecule has 2 aromatic rings. The minimum absolute atomic E-state index is 0.321. The summed E-state index contributed by atoms with van der Waals surface area (Å²) in [5.74, 6) is 6.27. The first-order chi connectivity index (χ1) is 8.61. The number of aromatic nitrogens is 2. The number of aryl methyl sites for hydroxylation is 1.